The number of aliphatic hydroxyl groups excluding tert-OH is 11. The molecule has 17 unspecified atom stereocenters. The molecule has 101 heavy (non-hydrogen) atoms. The molecule has 12 N–H and O–H groups in total. The van der Waals surface area contributed by atoms with Crippen molar-refractivity contribution in [3.63, 3.8) is 0 Å². The zero-order valence-corrected chi connectivity index (χ0v) is 62.1. The Bertz CT molecular complexity index is 2250. The molecule has 0 aliphatic carbocycles. The molecule has 0 saturated carbocycles. The van der Waals surface area contributed by atoms with Gasteiger partial charge in [0.15, 0.2) is 18.9 Å². The molecule has 19 nitrogen and oxygen atoms in total. The Morgan fingerprint density at radius 1 is 0.366 bits per heavy atom. The third kappa shape index (κ3) is 41.8. The molecule has 0 aromatic carbocycles. The van der Waals surface area contributed by atoms with E-state index in [1.165, 1.54) is 148 Å². The van der Waals surface area contributed by atoms with Crippen molar-refractivity contribution in [1.29, 1.82) is 0 Å². The summed E-state index contributed by atoms with van der Waals surface area (Å²) in [6.07, 6.45) is 58.0. The van der Waals surface area contributed by atoms with Gasteiger partial charge in [-0.25, -0.2) is 0 Å². The first-order valence-corrected chi connectivity index (χ1v) is 39.6. The van der Waals surface area contributed by atoms with Crippen molar-refractivity contribution in [3.8, 4) is 0 Å². The molecule has 1 amide bonds. The first-order valence-electron chi connectivity index (χ1n) is 39.6. The number of amides is 1. The van der Waals surface area contributed by atoms with Crippen molar-refractivity contribution in [1.82, 2.24) is 5.32 Å². The van der Waals surface area contributed by atoms with E-state index in [1.54, 1.807) is 6.08 Å². The van der Waals surface area contributed by atoms with Crippen molar-refractivity contribution in [2.75, 3.05) is 26.4 Å². The maximum Gasteiger partial charge on any atom is 0.220 e. The molecule has 3 rings (SSSR count). The maximum absolute atomic E-state index is 13.4. The third-order valence-electron chi connectivity index (χ3n) is 19.0. The van der Waals surface area contributed by atoms with Crippen LogP contribution in [0.5, 0.6) is 0 Å². The Hall–Kier alpha value is -3.55. The summed E-state index contributed by atoms with van der Waals surface area (Å²) in [4.78, 5) is 13.4. The van der Waals surface area contributed by atoms with Gasteiger partial charge in [0.25, 0.3) is 0 Å². The minimum Gasteiger partial charge on any atom is -0.394 e. The quantitative estimate of drug-likeness (QED) is 0.0199. The van der Waals surface area contributed by atoms with Gasteiger partial charge in [0, 0.05) is 6.42 Å². The number of aliphatic hydroxyl groups is 11. The molecule has 0 bridgehead atoms. The lowest BCUT2D eigenvalue weighted by molar-refractivity contribution is -0.379. The van der Waals surface area contributed by atoms with Gasteiger partial charge in [-0.1, -0.05) is 277 Å². The van der Waals surface area contributed by atoms with Gasteiger partial charge in [-0.15, -0.1) is 0 Å². The number of hydrogen-bond acceptors (Lipinski definition) is 18. The van der Waals surface area contributed by atoms with E-state index in [0.717, 1.165) is 89.9 Å². The molecular formula is C82H141NO18. The Balaban J connectivity index is 1.41. The molecule has 582 valence electrons. The highest BCUT2D eigenvalue weighted by molar-refractivity contribution is 5.76. The summed E-state index contributed by atoms with van der Waals surface area (Å²) in [5.74, 6) is -0.316. The van der Waals surface area contributed by atoms with E-state index in [-0.39, 0.29) is 18.9 Å². The maximum atomic E-state index is 13.4. The molecule has 19 heteroatoms. The fraction of sp³-hybridized carbons (Fsp3) is 0.768. The predicted octanol–water partition coefficient (Wildman–Crippen LogP) is 12.9. The van der Waals surface area contributed by atoms with Crippen LogP contribution in [0.4, 0.5) is 0 Å². The topological polar surface area (TPSA) is 307 Å². The smallest absolute Gasteiger partial charge is 0.220 e. The van der Waals surface area contributed by atoms with Crippen LogP contribution in [0.2, 0.25) is 0 Å². The first kappa shape index (κ1) is 91.7. The van der Waals surface area contributed by atoms with E-state index < -0.39 is 124 Å². The highest BCUT2D eigenvalue weighted by Crippen LogP contribution is 2.33. The molecule has 3 fully saturated rings. The summed E-state index contributed by atoms with van der Waals surface area (Å²) in [6.45, 7) is 1.58. The Morgan fingerprint density at radius 3 is 1.11 bits per heavy atom. The summed E-state index contributed by atoms with van der Waals surface area (Å²) in [5.41, 5.74) is 0. The molecular weight excluding hydrogens is 1290 g/mol. The van der Waals surface area contributed by atoms with Gasteiger partial charge in [0.1, 0.15) is 73.2 Å². The summed E-state index contributed by atoms with van der Waals surface area (Å²) in [5, 5.41) is 121. The predicted molar refractivity (Wildman–Crippen MR) is 401 cm³/mol. The van der Waals surface area contributed by atoms with Crippen molar-refractivity contribution in [2.24, 2.45) is 0 Å². The van der Waals surface area contributed by atoms with Crippen LogP contribution in [0.3, 0.4) is 0 Å². The second-order valence-electron chi connectivity index (χ2n) is 27.8. The fourth-order valence-electron chi connectivity index (χ4n) is 12.7. The van der Waals surface area contributed by atoms with Crippen LogP contribution in [0.25, 0.3) is 0 Å². The largest absolute Gasteiger partial charge is 0.394 e. The monoisotopic (exact) mass is 1430 g/mol. The Kier molecular flexibility index (Phi) is 55.9. The average molecular weight is 1430 g/mol. The summed E-state index contributed by atoms with van der Waals surface area (Å²) in [7, 11) is 0. The minimum atomic E-state index is -1.99. The molecule has 3 aliphatic heterocycles. The fourth-order valence-corrected chi connectivity index (χ4v) is 12.7. The van der Waals surface area contributed by atoms with Crippen LogP contribution in [0.15, 0.2) is 109 Å². The van der Waals surface area contributed by atoms with Crippen molar-refractivity contribution >= 4 is 5.91 Å². The number of carbonyl (C=O) groups is 1. The highest BCUT2D eigenvalue weighted by atomic mass is 16.8. The van der Waals surface area contributed by atoms with Gasteiger partial charge >= 0.3 is 0 Å². The molecule has 0 radical (unpaired) electrons. The van der Waals surface area contributed by atoms with Gasteiger partial charge in [-0.3, -0.25) is 4.79 Å². The van der Waals surface area contributed by atoms with Gasteiger partial charge in [0.05, 0.1) is 38.6 Å². The van der Waals surface area contributed by atoms with Gasteiger partial charge < -0.3 is 89.9 Å². The number of carbonyl (C=O) groups excluding carboxylic acids is 1. The molecule has 0 spiro atoms. The summed E-state index contributed by atoms with van der Waals surface area (Å²) < 4.78 is 34.4. The van der Waals surface area contributed by atoms with Crippen molar-refractivity contribution in [3.05, 3.63) is 109 Å². The SMILES string of the molecule is CC/C=C\C/C=C\C/C=C\C/C=C\C/C=C\C/C=C\CCCCCCC(=O)NC(COC1OC(CO)C(OC2OC(CO)C(OC3OC(CO)C(O)C(O)C3O)C(O)C2O)C(O)C1O)C(O)/C=C/CC/C=C/CC/C=C/CCCCCCCCCCCCCCCCCCCCCCCCC. The minimum absolute atomic E-state index is 0.195. The summed E-state index contributed by atoms with van der Waals surface area (Å²) in [6, 6.07) is -1.02. The second kappa shape index (κ2) is 61.6. The Labute approximate surface area is 608 Å². The number of hydrogen-bond donors (Lipinski definition) is 12. The van der Waals surface area contributed by atoms with Crippen molar-refractivity contribution in [2.45, 2.75) is 375 Å². The lowest BCUT2D eigenvalue weighted by Gasteiger charge is -2.48. The number of nitrogens with one attached hydrogen (secondary N) is 1. The number of unbranched alkanes of at least 4 members (excludes halogenated alkanes) is 29. The average Bonchev–Trinajstić information content (AvgIpc) is 0.782. The third-order valence-corrected chi connectivity index (χ3v) is 19.0. The van der Waals surface area contributed by atoms with E-state index in [0.29, 0.717) is 12.8 Å². The highest BCUT2D eigenvalue weighted by Gasteiger charge is 2.53. The first-order chi connectivity index (χ1) is 49.3. The van der Waals surface area contributed by atoms with Crippen LogP contribution in [-0.2, 0) is 33.2 Å². The van der Waals surface area contributed by atoms with Crippen LogP contribution >= 0.6 is 0 Å². The van der Waals surface area contributed by atoms with E-state index in [1.807, 2.05) is 6.08 Å². The summed E-state index contributed by atoms with van der Waals surface area (Å²) >= 11 is 0. The molecule has 0 aromatic heterocycles. The van der Waals surface area contributed by atoms with Gasteiger partial charge in [-0.2, -0.15) is 0 Å². The van der Waals surface area contributed by atoms with E-state index in [4.69, 9.17) is 28.4 Å². The zero-order chi connectivity index (χ0) is 73.2. The lowest BCUT2D eigenvalue weighted by Crippen LogP contribution is -2.66. The van der Waals surface area contributed by atoms with Gasteiger partial charge in [-0.05, 0) is 96.3 Å². The zero-order valence-electron chi connectivity index (χ0n) is 62.1. The van der Waals surface area contributed by atoms with E-state index >= 15 is 0 Å². The van der Waals surface area contributed by atoms with E-state index in [2.05, 4.69) is 116 Å². The number of allylic oxidation sites excluding steroid dienone is 17. The normalized spacial score (nSPS) is 26.9. The van der Waals surface area contributed by atoms with E-state index in [9.17, 15) is 61.0 Å². The standard InChI is InChI=1S/C82H141NO18/c1-3-5-7-9-11-13-15-17-19-21-23-25-27-28-29-30-31-32-33-34-35-36-38-39-41-43-45-47-49-51-53-55-57-59-66(87)65(83-70(88)60-58-56-54-52-50-48-46-44-42-40-37-26-24-22-20-18-16-14-12-10-8-6-4-2)64-96-80-76(94)73(91)78(68(62-85)98-80)101-82-77(95)74(92)79(69(63-86)99-82)100-81-75(93)72(90)71(89)67(61-84)97-81/h6,8,12,14,18,20,24,26,40-43,46,48-49,51,57,59,65-69,71-82,84-87,89-95H,3-5,7,9-11,13,15-17,19,21-23,25,27-39,44-45,47,50,52-56,58,60-64H2,1-2H3,(H,83,88)/b8-6-,14-12-,20-18-,26-24-,42-40-,43-41+,48-46-,51-49+,59-57+. The number of ether oxygens (including phenoxy) is 6. The lowest BCUT2D eigenvalue weighted by atomic mass is 9.96. The van der Waals surface area contributed by atoms with Crippen LogP contribution in [-0.4, -0.2) is 193 Å². The van der Waals surface area contributed by atoms with Crippen LogP contribution in [0.1, 0.15) is 271 Å². The molecule has 17 atom stereocenters. The van der Waals surface area contributed by atoms with Crippen LogP contribution < -0.4 is 5.32 Å². The van der Waals surface area contributed by atoms with Crippen molar-refractivity contribution < 1.29 is 89.4 Å². The second-order valence-corrected chi connectivity index (χ2v) is 27.8. The molecule has 3 heterocycles. The van der Waals surface area contributed by atoms with Crippen LogP contribution in [0, 0.1) is 0 Å². The molecule has 0 aromatic rings. The van der Waals surface area contributed by atoms with Gasteiger partial charge in [0.2, 0.25) is 5.91 Å². The molecule has 3 saturated heterocycles. The molecule has 3 aliphatic rings. The number of rotatable bonds is 61. The Morgan fingerprint density at radius 2 is 0.693 bits per heavy atom.